The van der Waals surface area contributed by atoms with Gasteiger partial charge in [-0.2, -0.15) is 0 Å². The van der Waals surface area contributed by atoms with Crippen molar-refractivity contribution in [2.75, 3.05) is 31.7 Å². The van der Waals surface area contributed by atoms with E-state index in [-0.39, 0.29) is 18.8 Å². The Balaban J connectivity index is 1.12. The number of fused-ring (bicyclic) bond motifs is 2. The number of hydrogen-bond donors (Lipinski definition) is 4. The van der Waals surface area contributed by atoms with Crippen molar-refractivity contribution in [1.82, 2.24) is 30.0 Å². The SMILES string of the molecule is C[C@@H](CN/C=N\C=N)Oc1cc(-c2cnc(Nc3cn([C@H]4CC[C@H](N5[C@@H]6CC[C@H]5COC6)CC4)nc3OCC(C)(C)O)nc2)ccc1Cl. The molecule has 2 saturated heterocycles. The number of ether oxygens (including phenoxy) is 3. The second-order valence-corrected chi connectivity index (χ2v) is 14.0. The summed E-state index contributed by atoms with van der Waals surface area (Å²) in [6.07, 6.45) is 14.5. The number of hydrogen-bond acceptors (Lipinski definition) is 10. The first kappa shape index (κ1) is 34.1. The van der Waals surface area contributed by atoms with E-state index in [4.69, 9.17) is 36.3 Å². The highest BCUT2D eigenvalue weighted by molar-refractivity contribution is 6.32. The van der Waals surface area contributed by atoms with Gasteiger partial charge in [-0.25, -0.2) is 15.0 Å². The molecule has 2 aliphatic heterocycles. The molecule has 0 unspecified atom stereocenters. The number of aliphatic imine (C=N–C) groups is 1. The van der Waals surface area contributed by atoms with Crippen LogP contribution in [0.5, 0.6) is 11.6 Å². The Morgan fingerprint density at radius 2 is 1.77 bits per heavy atom. The Labute approximate surface area is 286 Å². The molecule has 0 spiro atoms. The van der Waals surface area contributed by atoms with Crippen LogP contribution in [0.2, 0.25) is 5.02 Å². The third-order valence-electron chi connectivity index (χ3n) is 9.16. The number of anilines is 2. The van der Waals surface area contributed by atoms with Crippen molar-refractivity contribution in [1.29, 1.82) is 5.41 Å². The van der Waals surface area contributed by atoms with Crippen molar-refractivity contribution >= 4 is 35.9 Å². The van der Waals surface area contributed by atoms with Gasteiger partial charge in [-0.15, -0.1) is 5.10 Å². The number of aromatic nitrogens is 4. The van der Waals surface area contributed by atoms with E-state index in [1.807, 2.05) is 29.9 Å². The van der Waals surface area contributed by atoms with Crippen molar-refractivity contribution in [2.45, 2.75) is 95.2 Å². The van der Waals surface area contributed by atoms with E-state index in [1.54, 1.807) is 32.3 Å². The lowest BCUT2D eigenvalue weighted by Crippen LogP contribution is -2.52. The highest BCUT2D eigenvalue weighted by atomic mass is 35.5. The van der Waals surface area contributed by atoms with Gasteiger partial charge in [0.05, 0.1) is 49.0 Å². The van der Waals surface area contributed by atoms with Gasteiger partial charge in [0.1, 0.15) is 30.5 Å². The Bertz CT molecular complexity index is 1540. The van der Waals surface area contributed by atoms with Gasteiger partial charge in [0, 0.05) is 36.1 Å². The monoisotopic (exact) mass is 679 g/mol. The molecule has 1 saturated carbocycles. The number of halogens is 1. The Morgan fingerprint density at radius 3 is 2.46 bits per heavy atom. The van der Waals surface area contributed by atoms with Gasteiger partial charge in [0.2, 0.25) is 5.95 Å². The molecule has 1 aromatic carbocycles. The molecule has 14 heteroatoms. The summed E-state index contributed by atoms with van der Waals surface area (Å²) in [7, 11) is 0. The number of aliphatic hydroxyl groups is 1. The van der Waals surface area contributed by atoms with Gasteiger partial charge in [-0.05, 0) is 77.0 Å². The molecular formula is C34H46ClN9O4. The van der Waals surface area contributed by atoms with Crippen LogP contribution in [0.4, 0.5) is 11.6 Å². The van der Waals surface area contributed by atoms with Crippen LogP contribution in [0, 0.1) is 5.41 Å². The summed E-state index contributed by atoms with van der Waals surface area (Å²) in [5.74, 6) is 1.35. The molecule has 3 aromatic rings. The third-order valence-corrected chi connectivity index (χ3v) is 9.47. The average Bonchev–Trinajstić information content (AvgIpc) is 3.59. The quantitative estimate of drug-likeness (QED) is 0.132. The van der Waals surface area contributed by atoms with Crippen LogP contribution in [-0.4, -0.2) is 98.6 Å². The summed E-state index contributed by atoms with van der Waals surface area (Å²) in [6.45, 7) is 7.66. The van der Waals surface area contributed by atoms with Gasteiger partial charge in [-0.1, -0.05) is 17.7 Å². The number of morpholine rings is 1. The molecule has 4 N–H and O–H groups in total. The number of nitrogens with zero attached hydrogens (tertiary/aromatic N) is 6. The fourth-order valence-corrected chi connectivity index (χ4v) is 7.04. The first-order valence-electron chi connectivity index (χ1n) is 16.8. The lowest BCUT2D eigenvalue weighted by molar-refractivity contribution is -0.0458. The standard InChI is InChI=1S/C34H46ClN9O4/c1-22(13-37-21-38-20-36)48-31-12-23(4-11-29(31)35)24-14-39-33(40-15-24)41-30-16-43(42-32(30)47-19-34(2,3)45)25-5-7-26(8-6-25)44-27-9-10-28(44)18-46-17-27/h4,11-12,14-16,20-22,25-28,45H,5-10,13,17-19H2,1-3H3,(H2,36,37,38)(H,39,40,41)/t22-,25-,26-,27-,28+/m0/s1. The highest BCUT2D eigenvalue weighted by Gasteiger charge is 2.42. The minimum Gasteiger partial charge on any atom is -0.487 e. The summed E-state index contributed by atoms with van der Waals surface area (Å²) in [6, 6.07) is 7.56. The van der Waals surface area contributed by atoms with Gasteiger partial charge >= 0.3 is 0 Å². The summed E-state index contributed by atoms with van der Waals surface area (Å²) in [5, 5.41) is 28.9. The van der Waals surface area contributed by atoms with E-state index in [1.165, 1.54) is 19.2 Å². The predicted octanol–water partition coefficient (Wildman–Crippen LogP) is 5.23. The highest BCUT2D eigenvalue weighted by Crippen LogP contribution is 2.40. The number of nitrogens with one attached hydrogen (secondary N) is 3. The van der Waals surface area contributed by atoms with Crippen molar-refractivity contribution in [3.05, 3.63) is 41.8 Å². The third kappa shape index (κ3) is 8.43. The Hall–Kier alpha value is -3.78. The maximum atomic E-state index is 10.3. The van der Waals surface area contributed by atoms with Crippen molar-refractivity contribution in [3.63, 3.8) is 0 Å². The second-order valence-electron chi connectivity index (χ2n) is 13.6. The van der Waals surface area contributed by atoms with Gasteiger partial charge in [-0.3, -0.25) is 15.0 Å². The summed E-state index contributed by atoms with van der Waals surface area (Å²) >= 11 is 6.43. The molecule has 4 heterocycles. The summed E-state index contributed by atoms with van der Waals surface area (Å²) < 4.78 is 19.9. The van der Waals surface area contributed by atoms with Crippen LogP contribution in [0.15, 0.2) is 41.8 Å². The maximum Gasteiger partial charge on any atom is 0.257 e. The number of benzene rings is 1. The van der Waals surface area contributed by atoms with E-state index in [2.05, 4.69) is 30.5 Å². The van der Waals surface area contributed by atoms with E-state index in [9.17, 15) is 5.11 Å². The summed E-state index contributed by atoms with van der Waals surface area (Å²) in [4.78, 5) is 15.6. The van der Waals surface area contributed by atoms with Crippen LogP contribution in [0.3, 0.4) is 0 Å². The first-order chi connectivity index (χ1) is 23.2. The molecule has 258 valence electrons. The summed E-state index contributed by atoms with van der Waals surface area (Å²) in [5.41, 5.74) is 1.29. The molecule has 3 fully saturated rings. The van der Waals surface area contributed by atoms with Crippen LogP contribution in [-0.2, 0) is 4.74 Å². The minimum absolute atomic E-state index is 0.0953. The van der Waals surface area contributed by atoms with E-state index in [0.29, 0.717) is 53.0 Å². The fraction of sp³-hybridized carbons (Fsp3) is 0.559. The smallest absolute Gasteiger partial charge is 0.257 e. The van der Waals surface area contributed by atoms with Crippen LogP contribution >= 0.6 is 11.6 Å². The van der Waals surface area contributed by atoms with Crippen LogP contribution in [0.1, 0.15) is 65.3 Å². The van der Waals surface area contributed by atoms with E-state index < -0.39 is 5.60 Å². The van der Waals surface area contributed by atoms with E-state index >= 15 is 0 Å². The number of rotatable bonds is 14. The predicted molar refractivity (Wildman–Crippen MR) is 186 cm³/mol. The van der Waals surface area contributed by atoms with Crippen LogP contribution in [0.25, 0.3) is 11.1 Å². The molecule has 0 radical (unpaired) electrons. The molecule has 3 atom stereocenters. The van der Waals surface area contributed by atoms with Crippen molar-refractivity contribution in [3.8, 4) is 22.8 Å². The maximum absolute atomic E-state index is 10.3. The van der Waals surface area contributed by atoms with Gasteiger partial charge in [0.15, 0.2) is 0 Å². The topological polar surface area (TPSA) is 155 Å². The normalized spacial score (nSPS) is 23.6. The lowest BCUT2D eigenvalue weighted by atomic mass is 9.89. The molecule has 0 amide bonds. The van der Waals surface area contributed by atoms with Gasteiger partial charge < -0.3 is 30.0 Å². The molecule has 13 nitrogen and oxygen atoms in total. The molecule has 6 rings (SSSR count). The zero-order chi connectivity index (χ0) is 33.7. The zero-order valence-electron chi connectivity index (χ0n) is 27.8. The van der Waals surface area contributed by atoms with Crippen molar-refractivity contribution < 1.29 is 19.3 Å². The Morgan fingerprint density at radius 1 is 1.08 bits per heavy atom. The molecule has 48 heavy (non-hydrogen) atoms. The zero-order valence-corrected chi connectivity index (χ0v) is 28.6. The van der Waals surface area contributed by atoms with E-state index in [0.717, 1.165) is 56.4 Å². The second kappa shape index (κ2) is 15.2. The van der Waals surface area contributed by atoms with Gasteiger partial charge in [0.25, 0.3) is 5.88 Å². The molecule has 2 bridgehead atoms. The molecule has 1 aliphatic carbocycles. The Kier molecular flexibility index (Phi) is 10.8. The largest absolute Gasteiger partial charge is 0.487 e. The average molecular weight is 680 g/mol. The lowest BCUT2D eigenvalue weighted by Gasteiger charge is -2.43. The molecule has 2 aromatic heterocycles. The van der Waals surface area contributed by atoms with Crippen LogP contribution < -0.4 is 20.1 Å². The minimum atomic E-state index is -1.01. The molecule has 3 aliphatic rings. The molecular weight excluding hydrogens is 634 g/mol. The first-order valence-corrected chi connectivity index (χ1v) is 17.1. The van der Waals surface area contributed by atoms with Crippen molar-refractivity contribution in [2.24, 2.45) is 4.99 Å². The fourth-order valence-electron chi connectivity index (χ4n) is 6.88.